The molecule has 0 aliphatic heterocycles. The summed E-state index contributed by atoms with van der Waals surface area (Å²) in [4.78, 5) is 3.97. The predicted molar refractivity (Wildman–Crippen MR) is 55.5 cm³/mol. The summed E-state index contributed by atoms with van der Waals surface area (Å²) in [5, 5.41) is 0. The summed E-state index contributed by atoms with van der Waals surface area (Å²) >= 11 is 3.18. The van der Waals surface area contributed by atoms with Gasteiger partial charge in [0, 0.05) is 0 Å². The van der Waals surface area contributed by atoms with E-state index in [0.29, 0.717) is 4.60 Å². The number of oxazole rings is 1. The molecule has 2 rings (SSSR count). The van der Waals surface area contributed by atoms with E-state index in [4.69, 9.17) is 9.15 Å². The normalized spacial score (nSPS) is 10.1. The number of para-hydroxylation sites is 1. The summed E-state index contributed by atoms with van der Waals surface area (Å²) < 4.78 is 11.1. The fourth-order valence-electron chi connectivity index (χ4n) is 1.05. The van der Waals surface area contributed by atoms with E-state index < -0.39 is 0 Å². The Balaban J connectivity index is 2.23. The van der Waals surface area contributed by atoms with Crippen molar-refractivity contribution in [3.05, 3.63) is 40.7 Å². The third-order valence-corrected chi connectivity index (χ3v) is 2.11. The summed E-state index contributed by atoms with van der Waals surface area (Å²) in [6.07, 6.45) is 1.72. The highest BCUT2D eigenvalue weighted by Crippen LogP contribution is 2.24. The van der Waals surface area contributed by atoms with Gasteiger partial charge in [0.05, 0.1) is 0 Å². The average Bonchev–Trinajstić information content (AvgIpc) is 2.56. The van der Waals surface area contributed by atoms with Gasteiger partial charge in [0.2, 0.25) is 0 Å². The molecule has 0 radical (unpaired) electrons. The second-order valence-corrected chi connectivity index (χ2v) is 3.62. The van der Waals surface area contributed by atoms with E-state index in [1.807, 2.05) is 31.2 Å². The van der Waals surface area contributed by atoms with Crippen molar-refractivity contribution < 1.29 is 9.15 Å². The average molecular weight is 254 g/mol. The summed E-state index contributed by atoms with van der Waals surface area (Å²) in [5.41, 5.74) is 1.04. The van der Waals surface area contributed by atoms with Crippen LogP contribution in [0.3, 0.4) is 0 Å². The first-order chi connectivity index (χ1) is 6.75. The quantitative estimate of drug-likeness (QED) is 0.822. The van der Waals surface area contributed by atoms with E-state index in [1.165, 1.54) is 6.26 Å². The lowest BCUT2D eigenvalue weighted by atomic mass is 10.2. The molecule has 0 unspecified atom stereocenters. The Bertz CT molecular complexity index is 439. The van der Waals surface area contributed by atoms with E-state index in [1.54, 1.807) is 0 Å². The number of aromatic nitrogens is 1. The molecule has 0 fully saturated rings. The van der Waals surface area contributed by atoms with E-state index in [0.717, 1.165) is 11.3 Å². The van der Waals surface area contributed by atoms with Crippen molar-refractivity contribution in [1.29, 1.82) is 0 Å². The number of aryl methyl sites for hydroxylation is 1. The zero-order valence-corrected chi connectivity index (χ0v) is 9.11. The molecule has 0 atom stereocenters. The minimum atomic E-state index is 0.242. The smallest absolute Gasteiger partial charge is 0.400 e. The van der Waals surface area contributed by atoms with E-state index in [-0.39, 0.29) is 6.08 Å². The number of hydrogen-bond donors (Lipinski definition) is 0. The number of hydrogen-bond acceptors (Lipinski definition) is 3. The van der Waals surface area contributed by atoms with Crippen LogP contribution in [0, 0.1) is 6.92 Å². The minimum absolute atomic E-state index is 0.242. The van der Waals surface area contributed by atoms with Gasteiger partial charge in [-0.05, 0) is 34.5 Å². The molecule has 72 valence electrons. The van der Waals surface area contributed by atoms with Crippen LogP contribution in [0.4, 0.5) is 0 Å². The fraction of sp³-hybridized carbons (Fsp3) is 0.100. The van der Waals surface area contributed by atoms with Crippen molar-refractivity contribution in [2.75, 3.05) is 0 Å². The SMILES string of the molecule is Cc1ccccc1Oc1nc(Br)co1. The molecular formula is C10H8BrNO2. The van der Waals surface area contributed by atoms with Crippen LogP contribution in [0.25, 0.3) is 0 Å². The van der Waals surface area contributed by atoms with Crippen molar-refractivity contribution in [1.82, 2.24) is 4.98 Å². The van der Waals surface area contributed by atoms with E-state index >= 15 is 0 Å². The zero-order valence-electron chi connectivity index (χ0n) is 7.53. The lowest BCUT2D eigenvalue weighted by Gasteiger charge is -2.02. The summed E-state index contributed by atoms with van der Waals surface area (Å²) in [6.45, 7) is 1.97. The first-order valence-corrected chi connectivity index (χ1v) is 4.89. The van der Waals surface area contributed by atoms with Crippen LogP contribution in [-0.2, 0) is 0 Å². The van der Waals surface area contributed by atoms with Crippen molar-refractivity contribution in [2.45, 2.75) is 6.92 Å². The molecule has 0 saturated heterocycles. The third-order valence-electron chi connectivity index (χ3n) is 1.75. The molecule has 0 aliphatic carbocycles. The molecule has 0 spiro atoms. The van der Waals surface area contributed by atoms with Crippen molar-refractivity contribution >= 4 is 15.9 Å². The zero-order chi connectivity index (χ0) is 9.97. The summed E-state index contributed by atoms with van der Waals surface area (Å²) in [6, 6.07) is 7.69. The maximum Gasteiger partial charge on any atom is 0.400 e. The Morgan fingerprint density at radius 2 is 2.14 bits per heavy atom. The van der Waals surface area contributed by atoms with Gasteiger partial charge < -0.3 is 9.15 Å². The molecule has 2 aromatic rings. The van der Waals surface area contributed by atoms with Crippen LogP contribution in [-0.4, -0.2) is 4.98 Å². The molecule has 0 amide bonds. The molecule has 0 N–H and O–H groups in total. The highest BCUT2D eigenvalue weighted by molar-refractivity contribution is 9.10. The Kier molecular flexibility index (Phi) is 2.54. The summed E-state index contributed by atoms with van der Waals surface area (Å²) in [7, 11) is 0. The van der Waals surface area contributed by atoms with Gasteiger partial charge in [0.1, 0.15) is 16.6 Å². The predicted octanol–water partition coefficient (Wildman–Crippen LogP) is 3.54. The van der Waals surface area contributed by atoms with Crippen LogP contribution < -0.4 is 4.74 Å². The highest BCUT2D eigenvalue weighted by atomic mass is 79.9. The number of ether oxygens (including phenoxy) is 1. The second kappa shape index (κ2) is 3.84. The molecule has 0 bridgehead atoms. The molecule has 4 heteroatoms. The van der Waals surface area contributed by atoms with Gasteiger partial charge in [-0.15, -0.1) is 0 Å². The molecule has 3 nitrogen and oxygen atoms in total. The number of rotatable bonds is 2. The van der Waals surface area contributed by atoms with Crippen LogP contribution in [0.5, 0.6) is 11.8 Å². The minimum Gasteiger partial charge on any atom is -0.416 e. The number of nitrogens with zero attached hydrogens (tertiary/aromatic N) is 1. The van der Waals surface area contributed by atoms with Gasteiger partial charge in [0.15, 0.2) is 0 Å². The Hall–Kier alpha value is -1.29. The monoisotopic (exact) mass is 253 g/mol. The molecule has 0 aliphatic rings. The van der Waals surface area contributed by atoms with Crippen LogP contribution in [0.1, 0.15) is 5.56 Å². The maximum atomic E-state index is 5.42. The van der Waals surface area contributed by atoms with Gasteiger partial charge >= 0.3 is 6.08 Å². The molecule has 14 heavy (non-hydrogen) atoms. The third kappa shape index (κ3) is 1.96. The van der Waals surface area contributed by atoms with Gasteiger partial charge in [-0.2, -0.15) is 4.98 Å². The standard InChI is InChI=1S/C10H8BrNO2/c1-7-4-2-3-5-8(7)14-10-12-9(11)6-13-10/h2-6H,1H3. The van der Waals surface area contributed by atoms with Gasteiger partial charge in [-0.1, -0.05) is 18.2 Å². The van der Waals surface area contributed by atoms with Crippen LogP contribution in [0.15, 0.2) is 39.5 Å². The highest BCUT2D eigenvalue weighted by Gasteiger charge is 2.05. The fourth-order valence-corrected chi connectivity index (χ4v) is 1.29. The maximum absolute atomic E-state index is 5.42. The molecular weight excluding hydrogens is 246 g/mol. The van der Waals surface area contributed by atoms with E-state index in [9.17, 15) is 0 Å². The van der Waals surface area contributed by atoms with Crippen LogP contribution >= 0.6 is 15.9 Å². The van der Waals surface area contributed by atoms with Gasteiger partial charge in [-0.3, -0.25) is 0 Å². The van der Waals surface area contributed by atoms with Crippen molar-refractivity contribution in [3.63, 3.8) is 0 Å². The molecule has 1 aromatic heterocycles. The Labute approximate surface area is 89.8 Å². The van der Waals surface area contributed by atoms with Gasteiger partial charge in [0.25, 0.3) is 0 Å². The lowest BCUT2D eigenvalue weighted by molar-refractivity contribution is 0.329. The number of halogens is 1. The van der Waals surface area contributed by atoms with Crippen molar-refractivity contribution in [2.24, 2.45) is 0 Å². The lowest BCUT2D eigenvalue weighted by Crippen LogP contribution is -1.86. The largest absolute Gasteiger partial charge is 0.416 e. The second-order valence-electron chi connectivity index (χ2n) is 2.80. The summed E-state index contributed by atoms with van der Waals surface area (Å²) in [5.74, 6) is 0.752. The first-order valence-electron chi connectivity index (χ1n) is 4.10. The van der Waals surface area contributed by atoms with E-state index in [2.05, 4.69) is 20.9 Å². The first kappa shape index (κ1) is 9.27. The Morgan fingerprint density at radius 3 is 2.79 bits per heavy atom. The number of benzene rings is 1. The molecule has 1 heterocycles. The molecule has 1 aromatic carbocycles. The van der Waals surface area contributed by atoms with Crippen LogP contribution in [0.2, 0.25) is 0 Å². The van der Waals surface area contributed by atoms with Crippen molar-refractivity contribution in [3.8, 4) is 11.8 Å². The van der Waals surface area contributed by atoms with Gasteiger partial charge in [-0.25, -0.2) is 0 Å². The Morgan fingerprint density at radius 1 is 1.36 bits per heavy atom. The topological polar surface area (TPSA) is 35.3 Å². The molecule has 0 saturated carbocycles.